The summed E-state index contributed by atoms with van der Waals surface area (Å²) in [7, 11) is 0. The van der Waals surface area contributed by atoms with Crippen molar-refractivity contribution in [1.82, 2.24) is 24.2 Å². The fourth-order valence-electron chi connectivity index (χ4n) is 3.96. The maximum absolute atomic E-state index is 12.7. The van der Waals surface area contributed by atoms with Crippen molar-refractivity contribution in [3.8, 4) is 0 Å². The van der Waals surface area contributed by atoms with Gasteiger partial charge in [0.2, 0.25) is 5.91 Å². The number of piperidine rings is 1. The number of nitrogens with zero attached hydrogens (tertiary/aromatic N) is 5. The number of aryl methyl sites for hydroxylation is 1. The van der Waals surface area contributed by atoms with Gasteiger partial charge in [0.1, 0.15) is 5.82 Å². The number of fused-ring (bicyclic) bond motifs is 3. The van der Waals surface area contributed by atoms with Gasteiger partial charge in [-0.25, -0.2) is 4.68 Å². The average molecular weight is 355 g/mol. The molecule has 1 fully saturated rings. The van der Waals surface area contributed by atoms with Crippen LogP contribution in [0.15, 0.2) is 34.0 Å². The minimum Gasteiger partial charge on any atom is -0.342 e. The normalized spacial score (nSPS) is 21.3. The first kappa shape index (κ1) is 16.7. The Bertz CT molecular complexity index is 950. The highest BCUT2D eigenvalue weighted by molar-refractivity contribution is 5.78. The predicted molar refractivity (Wildman–Crippen MR) is 93.8 cm³/mol. The van der Waals surface area contributed by atoms with Gasteiger partial charge in [0.25, 0.3) is 0 Å². The molecule has 0 aromatic carbocycles. The van der Waals surface area contributed by atoms with Crippen molar-refractivity contribution in [3.63, 3.8) is 0 Å². The number of aromatic nitrogens is 4. The monoisotopic (exact) mass is 355 g/mol. The number of likely N-dealkylation sites (tertiary alicyclic amines) is 1. The number of amides is 1. The Morgan fingerprint density at radius 3 is 2.81 bits per heavy atom. The summed E-state index contributed by atoms with van der Waals surface area (Å²) in [6.07, 6.45) is 2.76. The van der Waals surface area contributed by atoms with Gasteiger partial charge < -0.3 is 4.90 Å². The summed E-state index contributed by atoms with van der Waals surface area (Å²) in [4.78, 5) is 43.1. The van der Waals surface area contributed by atoms with E-state index in [9.17, 15) is 14.4 Å². The third-order valence-corrected chi connectivity index (χ3v) is 5.38. The molecule has 1 amide bonds. The molecule has 2 aromatic rings. The minimum atomic E-state index is -0.571. The first-order valence-corrected chi connectivity index (χ1v) is 8.98. The van der Waals surface area contributed by atoms with E-state index in [4.69, 9.17) is 0 Å². The van der Waals surface area contributed by atoms with Crippen molar-refractivity contribution in [2.45, 2.75) is 38.8 Å². The predicted octanol–water partition coefficient (Wildman–Crippen LogP) is 0.00830. The molecule has 2 atom stereocenters. The second-order valence-electron chi connectivity index (χ2n) is 6.89. The molecular weight excluding hydrogens is 334 g/mol. The Labute approximate surface area is 150 Å². The molecule has 8 heteroatoms. The van der Waals surface area contributed by atoms with E-state index in [-0.39, 0.29) is 24.2 Å². The van der Waals surface area contributed by atoms with Crippen LogP contribution in [0.4, 0.5) is 0 Å². The lowest BCUT2D eigenvalue weighted by Gasteiger charge is -2.34. The Morgan fingerprint density at radius 1 is 1.23 bits per heavy atom. The van der Waals surface area contributed by atoms with Crippen LogP contribution in [0.2, 0.25) is 0 Å². The van der Waals surface area contributed by atoms with Crippen molar-refractivity contribution in [2.24, 2.45) is 5.92 Å². The lowest BCUT2D eigenvalue weighted by Crippen LogP contribution is -2.44. The first-order valence-electron chi connectivity index (χ1n) is 8.98. The highest BCUT2D eigenvalue weighted by Gasteiger charge is 2.41. The van der Waals surface area contributed by atoms with Gasteiger partial charge in [-0.2, -0.15) is 5.10 Å². The molecule has 0 spiro atoms. The molecule has 0 radical (unpaired) electrons. The third kappa shape index (κ3) is 2.75. The molecule has 4 rings (SSSR count). The third-order valence-electron chi connectivity index (χ3n) is 5.38. The Balaban J connectivity index is 1.58. The molecule has 136 valence electrons. The molecule has 2 aliphatic heterocycles. The number of rotatable bonds is 3. The fourth-order valence-corrected chi connectivity index (χ4v) is 3.96. The van der Waals surface area contributed by atoms with Crippen LogP contribution in [0.3, 0.4) is 0 Å². The molecule has 0 bridgehead atoms. The van der Waals surface area contributed by atoms with E-state index >= 15 is 0 Å². The highest BCUT2D eigenvalue weighted by atomic mass is 16.2. The molecule has 0 N–H and O–H groups in total. The van der Waals surface area contributed by atoms with E-state index in [1.807, 2.05) is 23.1 Å². The summed E-state index contributed by atoms with van der Waals surface area (Å²) >= 11 is 0. The maximum atomic E-state index is 12.7. The molecule has 2 aliphatic rings. The molecular formula is C18H21N5O3. The van der Waals surface area contributed by atoms with Crippen LogP contribution >= 0.6 is 0 Å². The zero-order valence-corrected chi connectivity index (χ0v) is 14.7. The summed E-state index contributed by atoms with van der Waals surface area (Å²) in [5.41, 5.74) is -0.323. The number of pyridine rings is 1. The standard InChI is InChI=1S/C18H21N5O3/c1-2-23-18(26)17(25)22-10-12-6-8-21(11-14(12)16(22)20-23)15(24)9-13-5-3-4-7-19-13/h3-5,7,12,14H,2,6,8-11H2,1H3/t12-,14-/m0/s1. The van der Waals surface area contributed by atoms with Gasteiger partial charge in [-0.3, -0.25) is 23.9 Å². The number of carbonyl (C=O) groups is 1. The Hall–Kier alpha value is -2.77. The van der Waals surface area contributed by atoms with Crippen LogP contribution in [0.5, 0.6) is 0 Å². The van der Waals surface area contributed by atoms with Crippen LogP contribution in [0, 0.1) is 5.92 Å². The minimum absolute atomic E-state index is 0.00234. The quantitative estimate of drug-likeness (QED) is 0.724. The van der Waals surface area contributed by atoms with E-state index in [2.05, 4.69) is 10.1 Å². The summed E-state index contributed by atoms with van der Waals surface area (Å²) < 4.78 is 2.74. The van der Waals surface area contributed by atoms with Crippen LogP contribution < -0.4 is 11.1 Å². The molecule has 26 heavy (non-hydrogen) atoms. The Morgan fingerprint density at radius 2 is 2.08 bits per heavy atom. The zero-order valence-electron chi connectivity index (χ0n) is 14.7. The van der Waals surface area contributed by atoms with Crippen LogP contribution in [0.1, 0.15) is 30.8 Å². The van der Waals surface area contributed by atoms with Gasteiger partial charge in [0.15, 0.2) is 0 Å². The highest BCUT2D eigenvalue weighted by Crippen LogP contribution is 2.36. The smallest absolute Gasteiger partial charge is 0.332 e. The summed E-state index contributed by atoms with van der Waals surface area (Å²) in [5, 5.41) is 4.41. The number of hydrogen-bond donors (Lipinski definition) is 0. The SMILES string of the molecule is CCn1nc2n(c(=O)c1=O)C[C@@H]1CCN(C(=O)Cc3ccccn3)C[C@H]21. The van der Waals surface area contributed by atoms with E-state index in [0.717, 1.165) is 12.1 Å². The van der Waals surface area contributed by atoms with Crippen LogP contribution in [-0.2, 0) is 24.3 Å². The molecule has 0 unspecified atom stereocenters. The largest absolute Gasteiger partial charge is 0.342 e. The Kier molecular flexibility index (Phi) is 4.18. The van der Waals surface area contributed by atoms with E-state index in [1.54, 1.807) is 13.1 Å². The second kappa shape index (κ2) is 6.51. The molecule has 0 aliphatic carbocycles. The van der Waals surface area contributed by atoms with Gasteiger partial charge in [-0.15, -0.1) is 0 Å². The van der Waals surface area contributed by atoms with Gasteiger partial charge in [0, 0.05) is 44.0 Å². The van der Waals surface area contributed by atoms with Gasteiger partial charge >= 0.3 is 11.1 Å². The van der Waals surface area contributed by atoms with Crippen molar-refractivity contribution in [2.75, 3.05) is 13.1 Å². The van der Waals surface area contributed by atoms with Crippen molar-refractivity contribution >= 4 is 5.91 Å². The fraction of sp³-hybridized carbons (Fsp3) is 0.500. The van der Waals surface area contributed by atoms with Gasteiger partial charge in [0.05, 0.1) is 6.42 Å². The lowest BCUT2D eigenvalue weighted by molar-refractivity contribution is -0.132. The molecule has 8 nitrogen and oxygen atoms in total. The van der Waals surface area contributed by atoms with Crippen molar-refractivity contribution < 1.29 is 4.79 Å². The molecule has 4 heterocycles. The van der Waals surface area contributed by atoms with E-state index in [0.29, 0.717) is 32.0 Å². The molecule has 2 aromatic heterocycles. The van der Waals surface area contributed by atoms with Gasteiger partial charge in [-0.05, 0) is 31.4 Å². The average Bonchev–Trinajstić information content (AvgIpc) is 3.03. The molecule has 0 saturated carbocycles. The van der Waals surface area contributed by atoms with Crippen molar-refractivity contribution in [1.29, 1.82) is 0 Å². The van der Waals surface area contributed by atoms with Crippen LogP contribution in [0.25, 0.3) is 0 Å². The zero-order chi connectivity index (χ0) is 18.3. The molecule has 1 saturated heterocycles. The maximum Gasteiger partial charge on any atom is 0.332 e. The summed E-state index contributed by atoms with van der Waals surface area (Å²) in [6, 6.07) is 5.54. The topological polar surface area (TPSA) is 90.1 Å². The van der Waals surface area contributed by atoms with E-state index < -0.39 is 11.1 Å². The lowest BCUT2D eigenvalue weighted by atomic mass is 9.87. The van der Waals surface area contributed by atoms with Crippen molar-refractivity contribution in [3.05, 3.63) is 56.6 Å². The van der Waals surface area contributed by atoms with Gasteiger partial charge in [-0.1, -0.05) is 6.07 Å². The van der Waals surface area contributed by atoms with E-state index in [1.165, 1.54) is 9.25 Å². The second-order valence-corrected chi connectivity index (χ2v) is 6.89. The van der Waals surface area contributed by atoms with Crippen LogP contribution in [-0.4, -0.2) is 43.2 Å². The first-order chi connectivity index (χ1) is 12.6. The summed E-state index contributed by atoms with van der Waals surface area (Å²) in [5.74, 6) is 0.923. The summed E-state index contributed by atoms with van der Waals surface area (Å²) in [6.45, 7) is 3.87. The number of hydrogen-bond acceptors (Lipinski definition) is 5. The number of carbonyl (C=O) groups excluding carboxylic acids is 1.